The summed E-state index contributed by atoms with van der Waals surface area (Å²) in [6, 6.07) is 10.3. The molecule has 3 N–H and O–H groups in total. The van der Waals surface area contributed by atoms with Gasteiger partial charge in [-0.15, -0.1) is 0 Å². The first-order valence-corrected chi connectivity index (χ1v) is 7.51. The molecule has 0 fully saturated rings. The number of aliphatic carboxylic acids is 1. The molecule has 1 atom stereocenters. The number of anilines is 1. The second kappa shape index (κ2) is 8.05. The van der Waals surface area contributed by atoms with E-state index in [-0.39, 0.29) is 17.9 Å². The lowest BCUT2D eigenvalue weighted by Crippen LogP contribution is -2.42. The van der Waals surface area contributed by atoms with Crippen LogP contribution in [0.4, 0.5) is 10.1 Å². The minimum Gasteiger partial charge on any atom is -0.480 e. The monoisotopic (exact) mass is 344 g/mol. The Kier molecular flexibility index (Phi) is 5.84. The highest BCUT2D eigenvalue weighted by Gasteiger charge is 2.21. The molecule has 6 nitrogen and oxygen atoms in total. The topological polar surface area (TPSA) is 95.5 Å². The van der Waals surface area contributed by atoms with E-state index in [1.54, 1.807) is 12.1 Å². The number of halogens is 1. The Balaban J connectivity index is 2.05. The van der Waals surface area contributed by atoms with Gasteiger partial charge in [0.1, 0.15) is 11.9 Å². The fourth-order valence-corrected chi connectivity index (χ4v) is 2.21. The highest BCUT2D eigenvalue weighted by Crippen LogP contribution is 2.11. The van der Waals surface area contributed by atoms with Gasteiger partial charge in [-0.3, -0.25) is 9.59 Å². The van der Waals surface area contributed by atoms with E-state index in [1.807, 2.05) is 0 Å². The van der Waals surface area contributed by atoms with Crippen molar-refractivity contribution in [1.29, 1.82) is 0 Å². The van der Waals surface area contributed by atoms with E-state index in [9.17, 15) is 23.9 Å². The Morgan fingerprint density at radius 3 is 2.16 bits per heavy atom. The van der Waals surface area contributed by atoms with Crippen LogP contribution in [0.1, 0.15) is 22.8 Å². The van der Waals surface area contributed by atoms with E-state index < -0.39 is 23.7 Å². The summed E-state index contributed by atoms with van der Waals surface area (Å²) >= 11 is 0. The third-order valence-electron chi connectivity index (χ3n) is 3.42. The first-order chi connectivity index (χ1) is 11.8. The summed E-state index contributed by atoms with van der Waals surface area (Å²) in [4.78, 5) is 34.6. The van der Waals surface area contributed by atoms with Crippen molar-refractivity contribution in [2.75, 3.05) is 5.32 Å². The molecule has 0 saturated carbocycles. The molecule has 0 heterocycles. The van der Waals surface area contributed by atoms with Crippen LogP contribution in [0, 0.1) is 5.82 Å². The summed E-state index contributed by atoms with van der Waals surface area (Å²) in [7, 11) is 0. The third-order valence-corrected chi connectivity index (χ3v) is 3.42. The Labute approximate surface area is 143 Å². The quantitative estimate of drug-likeness (QED) is 0.749. The Morgan fingerprint density at radius 1 is 1.04 bits per heavy atom. The SMILES string of the molecule is CC(=O)Nc1ccc(C(=O)N[C@H](Cc2ccc(F)cc2)C(=O)O)cc1. The van der Waals surface area contributed by atoms with E-state index >= 15 is 0 Å². The summed E-state index contributed by atoms with van der Waals surface area (Å²) in [5.74, 6) is -2.39. The van der Waals surface area contributed by atoms with E-state index in [0.29, 0.717) is 11.3 Å². The second-order valence-corrected chi connectivity index (χ2v) is 5.45. The zero-order valence-electron chi connectivity index (χ0n) is 13.5. The number of hydrogen-bond acceptors (Lipinski definition) is 3. The number of nitrogens with one attached hydrogen (secondary N) is 2. The van der Waals surface area contributed by atoms with Crippen molar-refractivity contribution in [1.82, 2.24) is 5.32 Å². The van der Waals surface area contributed by atoms with Crippen molar-refractivity contribution >= 4 is 23.5 Å². The van der Waals surface area contributed by atoms with Gasteiger partial charge in [-0.05, 0) is 42.0 Å². The van der Waals surface area contributed by atoms with Gasteiger partial charge in [0.05, 0.1) is 0 Å². The van der Waals surface area contributed by atoms with Crippen LogP contribution >= 0.6 is 0 Å². The lowest BCUT2D eigenvalue weighted by molar-refractivity contribution is -0.139. The summed E-state index contributed by atoms with van der Waals surface area (Å²) in [6.07, 6.45) is 0.0331. The van der Waals surface area contributed by atoms with Crippen molar-refractivity contribution in [3.8, 4) is 0 Å². The predicted molar refractivity (Wildman–Crippen MR) is 89.7 cm³/mol. The van der Waals surface area contributed by atoms with Crippen LogP contribution in [0.15, 0.2) is 48.5 Å². The molecule has 0 saturated heterocycles. The van der Waals surface area contributed by atoms with Crippen molar-refractivity contribution in [3.05, 3.63) is 65.5 Å². The molecule has 0 aromatic heterocycles. The highest BCUT2D eigenvalue weighted by molar-refractivity contribution is 5.97. The summed E-state index contributed by atoms with van der Waals surface area (Å²) in [6.45, 7) is 1.37. The molecule has 0 aliphatic heterocycles. The molecular weight excluding hydrogens is 327 g/mol. The molecule has 0 radical (unpaired) electrons. The fraction of sp³-hybridized carbons (Fsp3) is 0.167. The Hall–Kier alpha value is -3.22. The largest absolute Gasteiger partial charge is 0.480 e. The minimum absolute atomic E-state index is 0.0331. The molecule has 2 aromatic rings. The van der Waals surface area contributed by atoms with E-state index in [2.05, 4.69) is 10.6 Å². The van der Waals surface area contributed by atoms with Crippen molar-refractivity contribution in [2.45, 2.75) is 19.4 Å². The van der Waals surface area contributed by atoms with Gasteiger partial charge in [0.2, 0.25) is 5.91 Å². The van der Waals surface area contributed by atoms with Crippen LogP contribution in [0.2, 0.25) is 0 Å². The van der Waals surface area contributed by atoms with Gasteiger partial charge in [-0.25, -0.2) is 9.18 Å². The van der Waals surface area contributed by atoms with Crippen LogP contribution in [0.25, 0.3) is 0 Å². The van der Waals surface area contributed by atoms with Gasteiger partial charge in [0.15, 0.2) is 0 Å². The molecule has 2 aromatic carbocycles. The van der Waals surface area contributed by atoms with E-state index in [4.69, 9.17) is 0 Å². The molecule has 130 valence electrons. The smallest absolute Gasteiger partial charge is 0.326 e. The lowest BCUT2D eigenvalue weighted by atomic mass is 10.1. The number of carbonyl (C=O) groups excluding carboxylic acids is 2. The first kappa shape index (κ1) is 18.1. The summed E-state index contributed by atoms with van der Waals surface area (Å²) in [5, 5.41) is 14.3. The third kappa shape index (κ3) is 5.42. The molecule has 25 heavy (non-hydrogen) atoms. The lowest BCUT2D eigenvalue weighted by Gasteiger charge is -2.15. The average Bonchev–Trinajstić information content (AvgIpc) is 2.56. The fourth-order valence-electron chi connectivity index (χ4n) is 2.21. The molecule has 2 amide bonds. The molecule has 0 spiro atoms. The van der Waals surface area contributed by atoms with Crippen LogP contribution < -0.4 is 10.6 Å². The maximum Gasteiger partial charge on any atom is 0.326 e. The van der Waals surface area contributed by atoms with Gasteiger partial charge in [0, 0.05) is 24.6 Å². The maximum absolute atomic E-state index is 12.9. The Bertz CT molecular complexity index is 773. The van der Waals surface area contributed by atoms with Crippen molar-refractivity contribution < 1.29 is 23.9 Å². The highest BCUT2D eigenvalue weighted by atomic mass is 19.1. The zero-order valence-corrected chi connectivity index (χ0v) is 13.5. The van der Waals surface area contributed by atoms with Crippen LogP contribution in [0.3, 0.4) is 0 Å². The van der Waals surface area contributed by atoms with Gasteiger partial charge >= 0.3 is 5.97 Å². The summed E-state index contributed by atoms with van der Waals surface area (Å²) < 4.78 is 12.9. The number of carboxylic acids is 1. The van der Waals surface area contributed by atoms with Gasteiger partial charge in [-0.2, -0.15) is 0 Å². The number of benzene rings is 2. The molecule has 2 rings (SSSR count). The Morgan fingerprint density at radius 2 is 1.64 bits per heavy atom. The number of amides is 2. The van der Waals surface area contributed by atoms with E-state index in [1.165, 1.54) is 43.3 Å². The van der Waals surface area contributed by atoms with Crippen molar-refractivity contribution in [2.24, 2.45) is 0 Å². The first-order valence-electron chi connectivity index (χ1n) is 7.51. The van der Waals surface area contributed by atoms with E-state index in [0.717, 1.165) is 0 Å². The van der Waals surface area contributed by atoms with Gasteiger partial charge in [0.25, 0.3) is 5.91 Å². The number of carboxylic acid groups (broad SMARTS) is 1. The van der Waals surface area contributed by atoms with Gasteiger partial charge < -0.3 is 15.7 Å². The van der Waals surface area contributed by atoms with Crippen LogP contribution in [0.5, 0.6) is 0 Å². The van der Waals surface area contributed by atoms with Crippen molar-refractivity contribution in [3.63, 3.8) is 0 Å². The minimum atomic E-state index is -1.19. The number of carbonyl (C=O) groups is 3. The molecule has 0 bridgehead atoms. The average molecular weight is 344 g/mol. The maximum atomic E-state index is 12.9. The molecular formula is C18H17FN2O4. The molecule has 7 heteroatoms. The van der Waals surface area contributed by atoms with Gasteiger partial charge in [-0.1, -0.05) is 12.1 Å². The molecule has 0 aliphatic carbocycles. The summed E-state index contributed by atoms with van der Waals surface area (Å²) in [5.41, 5.74) is 1.39. The normalized spacial score (nSPS) is 11.4. The standard InChI is InChI=1S/C18H17FN2O4/c1-11(22)20-15-8-4-13(5-9-15)17(23)21-16(18(24)25)10-12-2-6-14(19)7-3-12/h2-9,16H,10H2,1H3,(H,20,22)(H,21,23)(H,24,25)/t16-/m1/s1. The number of hydrogen-bond donors (Lipinski definition) is 3. The second-order valence-electron chi connectivity index (χ2n) is 5.45. The zero-order chi connectivity index (χ0) is 18.4. The molecule has 0 aliphatic rings. The van der Waals surface area contributed by atoms with Crippen LogP contribution in [-0.4, -0.2) is 28.9 Å². The molecule has 0 unspecified atom stereocenters. The van der Waals surface area contributed by atoms with Crippen LogP contribution in [-0.2, 0) is 16.0 Å². The predicted octanol–water partition coefficient (Wildman–Crippen LogP) is 2.21. The number of rotatable bonds is 6.